The molecular formula is C10H14N2O3S2. The molecule has 5 nitrogen and oxygen atoms in total. The van der Waals surface area contributed by atoms with Crippen LogP contribution in [0.2, 0.25) is 0 Å². The van der Waals surface area contributed by atoms with Crippen molar-refractivity contribution >= 4 is 27.3 Å². The number of hydrogen-bond acceptors (Lipinski definition) is 4. The van der Waals surface area contributed by atoms with Crippen molar-refractivity contribution in [1.82, 2.24) is 10.0 Å². The van der Waals surface area contributed by atoms with Gasteiger partial charge in [-0.3, -0.25) is 4.79 Å². The van der Waals surface area contributed by atoms with Crippen molar-refractivity contribution in [2.75, 3.05) is 6.54 Å². The summed E-state index contributed by atoms with van der Waals surface area (Å²) < 4.78 is 26.6. The van der Waals surface area contributed by atoms with E-state index in [-0.39, 0.29) is 10.8 Å². The van der Waals surface area contributed by atoms with Gasteiger partial charge in [-0.15, -0.1) is 11.3 Å². The summed E-state index contributed by atoms with van der Waals surface area (Å²) >= 11 is 1.44. The van der Waals surface area contributed by atoms with Gasteiger partial charge < -0.3 is 5.32 Å². The van der Waals surface area contributed by atoms with Gasteiger partial charge in [0.05, 0.1) is 4.90 Å². The number of rotatable bonds is 3. The summed E-state index contributed by atoms with van der Waals surface area (Å²) in [7, 11) is -3.59. The van der Waals surface area contributed by atoms with Crippen molar-refractivity contribution in [3.63, 3.8) is 0 Å². The fourth-order valence-electron chi connectivity index (χ4n) is 1.83. The predicted octanol–water partition coefficient (Wildman–Crippen LogP) is 0.532. The zero-order chi connectivity index (χ0) is 12.6. The van der Waals surface area contributed by atoms with E-state index >= 15 is 0 Å². The number of hydrogen-bond donors (Lipinski definition) is 2. The largest absolute Gasteiger partial charge is 0.355 e. The van der Waals surface area contributed by atoms with Crippen molar-refractivity contribution in [3.05, 3.63) is 15.8 Å². The van der Waals surface area contributed by atoms with Crippen molar-refractivity contribution in [1.29, 1.82) is 0 Å². The average molecular weight is 274 g/mol. The molecule has 1 amide bonds. The lowest BCUT2D eigenvalue weighted by molar-refractivity contribution is -0.120. The summed E-state index contributed by atoms with van der Waals surface area (Å²) in [6.45, 7) is 4.15. The first-order chi connectivity index (χ1) is 7.90. The van der Waals surface area contributed by atoms with Crippen molar-refractivity contribution in [3.8, 4) is 0 Å². The Kier molecular flexibility index (Phi) is 3.24. The Morgan fingerprint density at radius 3 is 2.65 bits per heavy atom. The number of carbonyl (C=O) groups is 1. The molecule has 2 rings (SSSR count). The Morgan fingerprint density at radius 1 is 1.47 bits per heavy atom. The number of sulfonamides is 1. The summed E-state index contributed by atoms with van der Waals surface area (Å²) in [5, 5.41) is 2.60. The van der Waals surface area contributed by atoms with E-state index in [2.05, 4.69) is 10.0 Å². The van der Waals surface area contributed by atoms with Gasteiger partial charge >= 0.3 is 0 Å². The van der Waals surface area contributed by atoms with Gasteiger partial charge in [-0.2, -0.15) is 4.72 Å². The Balaban J connectivity index is 2.25. The fourth-order valence-corrected chi connectivity index (χ4v) is 4.62. The predicted molar refractivity (Wildman–Crippen MR) is 65.5 cm³/mol. The molecule has 0 aliphatic carbocycles. The molecule has 2 N–H and O–H groups in total. The maximum atomic E-state index is 12.1. The minimum Gasteiger partial charge on any atom is -0.355 e. The monoisotopic (exact) mass is 274 g/mol. The molecule has 1 aromatic heterocycles. The first-order valence-electron chi connectivity index (χ1n) is 5.27. The van der Waals surface area contributed by atoms with E-state index in [9.17, 15) is 13.2 Å². The maximum absolute atomic E-state index is 12.1. The second-order valence-corrected chi connectivity index (χ2v) is 7.17. The minimum atomic E-state index is -3.59. The third-order valence-electron chi connectivity index (χ3n) is 2.63. The van der Waals surface area contributed by atoms with Crippen LogP contribution in [-0.2, 0) is 14.8 Å². The molecule has 0 bridgehead atoms. The lowest BCUT2D eigenvalue weighted by Crippen LogP contribution is -2.40. The molecule has 1 atom stereocenters. The third kappa shape index (κ3) is 2.51. The topological polar surface area (TPSA) is 75.3 Å². The van der Waals surface area contributed by atoms with Crippen molar-refractivity contribution in [2.45, 2.75) is 31.2 Å². The van der Waals surface area contributed by atoms with Gasteiger partial charge in [0.1, 0.15) is 6.04 Å². The minimum absolute atomic E-state index is 0.252. The lowest BCUT2D eigenvalue weighted by Gasteiger charge is -2.10. The molecule has 1 unspecified atom stereocenters. The molecule has 94 valence electrons. The van der Waals surface area contributed by atoms with Gasteiger partial charge in [0.25, 0.3) is 0 Å². The molecule has 1 saturated heterocycles. The van der Waals surface area contributed by atoms with E-state index in [0.717, 1.165) is 9.75 Å². The fraction of sp³-hybridized carbons (Fsp3) is 0.500. The molecule has 0 radical (unpaired) electrons. The zero-order valence-electron chi connectivity index (χ0n) is 9.61. The highest BCUT2D eigenvalue weighted by Crippen LogP contribution is 2.25. The van der Waals surface area contributed by atoms with Crippen LogP contribution in [0.25, 0.3) is 0 Å². The van der Waals surface area contributed by atoms with Crippen LogP contribution in [0.15, 0.2) is 11.0 Å². The SMILES string of the molecule is Cc1cc(S(=O)(=O)NC2CCNC2=O)c(C)s1. The standard InChI is InChI=1S/C10H14N2O3S2/c1-6-5-9(7(2)16-6)17(14,15)12-8-3-4-11-10(8)13/h5,8,12H,3-4H2,1-2H3,(H,11,13). The molecule has 2 heterocycles. The molecule has 0 spiro atoms. The lowest BCUT2D eigenvalue weighted by atomic mass is 10.3. The van der Waals surface area contributed by atoms with Crippen LogP contribution in [0.1, 0.15) is 16.2 Å². The van der Waals surface area contributed by atoms with Crippen molar-refractivity contribution < 1.29 is 13.2 Å². The van der Waals surface area contributed by atoms with Crippen LogP contribution in [0.3, 0.4) is 0 Å². The van der Waals surface area contributed by atoms with Gasteiger partial charge in [0, 0.05) is 16.3 Å². The van der Waals surface area contributed by atoms with Crippen molar-refractivity contribution in [2.24, 2.45) is 0 Å². The summed E-state index contributed by atoms with van der Waals surface area (Å²) in [6, 6.07) is 0.995. The summed E-state index contributed by atoms with van der Waals surface area (Å²) in [4.78, 5) is 13.3. The molecule has 17 heavy (non-hydrogen) atoms. The van der Waals surface area contributed by atoms with Gasteiger partial charge in [-0.05, 0) is 26.3 Å². The summed E-state index contributed by atoms with van der Waals surface area (Å²) in [6.07, 6.45) is 0.500. The number of carbonyl (C=O) groups excluding carboxylic acids is 1. The molecule has 7 heteroatoms. The van der Waals surface area contributed by atoms with Gasteiger partial charge in [0.2, 0.25) is 15.9 Å². The van der Waals surface area contributed by atoms with E-state index in [1.165, 1.54) is 11.3 Å². The van der Waals surface area contributed by atoms with E-state index in [1.54, 1.807) is 13.0 Å². The zero-order valence-corrected chi connectivity index (χ0v) is 11.2. The van der Waals surface area contributed by atoms with Crippen LogP contribution < -0.4 is 10.0 Å². The molecule has 1 fully saturated rings. The molecule has 1 aliphatic rings. The van der Waals surface area contributed by atoms with Crippen LogP contribution in [-0.4, -0.2) is 26.9 Å². The number of aryl methyl sites for hydroxylation is 2. The van der Waals surface area contributed by atoms with Crippen LogP contribution >= 0.6 is 11.3 Å². The number of nitrogens with one attached hydrogen (secondary N) is 2. The molecule has 1 aromatic rings. The Labute approximate surface area is 104 Å². The van der Waals surface area contributed by atoms with Gasteiger partial charge in [-0.25, -0.2) is 8.42 Å². The maximum Gasteiger partial charge on any atom is 0.242 e. The highest BCUT2D eigenvalue weighted by atomic mass is 32.2. The first kappa shape index (κ1) is 12.5. The second kappa shape index (κ2) is 4.40. The van der Waals surface area contributed by atoms with Gasteiger partial charge in [0.15, 0.2) is 0 Å². The Hall–Kier alpha value is -0.920. The van der Waals surface area contributed by atoms with Gasteiger partial charge in [-0.1, -0.05) is 0 Å². The highest BCUT2D eigenvalue weighted by molar-refractivity contribution is 7.89. The molecule has 1 aliphatic heterocycles. The van der Waals surface area contributed by atoms with Crippen LogP contribution in [0, 0.1) is 13.8 Å². The van der Waals surface area contributed by atoms with E-state index in [1.807, 2.05) is 6.92 Å². The average Bonchev–Trinajstić information content (AvgIpc) is 2.74. The Bertz CT molecular complexity index is 548. The highest BCUT2D eigenvalue weighted by Gasteiger charge is 2.30. The second-order valence-electron chi connectivity index (χ2n) is 4.03. The molecule has 0 aromatic carbocycles. The third-order valence-corrected chi connectivity index (χ3v) is 5.32. The number of amides is 1. The quantitative estimate of drug-likeness (QED) is 0.844. The van der Waals surface area contributed by atoms with Crippen LogP contribution in [0.5, 0.6) is 0 Å². The molecular weight excluding hydrogens is 260 g/mol. The summed E-state index contributed by atoms with van der Waals surface area (Å²) in [5.41, 5.74) is 0. The smallest absolute Gasteiger partial charge is 0.242 e. The van der Waals surface area contributed by atoms with E-state index < -0.39 is 16.1 Å². The van der Waals surface area contributed by atoms with Crippen LogP contribution in [0.4, 0.5) is 0 Å². The Morgan fingerprint density at radius 2 is 2.18 bits per heavy atom. The normalized spacial score (nSPS) is 20.6. The summed E-state index contributed by atoms with van der Waals surface area (Å²) in [5.74, 6) is -0.252. The number of thiophene rings is 1. The first-order valence-corrected chi connectivity index (χ1v) is 7.57. The van der Waals surface area contributed by atoms with E-state index in [0.29, 0.717) is 13.0 Å². The van der Waals surface area contributed by atoms with E-state index in [4.69, 9.17) is 0 Å². The molecule has 0 saturated carbocycles.